The van der Waals surface area contributed by atoms with Crippen molar-refractivity contribution < 1.29 is 33.8 Å². The molecule has 1 aliphatic carbocycles. The number of ether oxygens (including phenoxy) is 2. The number of piperidine rings is 1. The standard InChI is InChI=1S/C27H29N3O6/c1-26(2,3)36-23-13-8-14-30(27(23,24(32)33)22(31)15-29-28)25(34)35-16-21-19-11-6-4-9-17(19)18-10-5-7-12-20(18)21/h4-7,9-12,15,21,23H,8,13-14,16H2,1-3H3,(H,32,33). The van der Waals surface area contributed by atoms with E-state index in [1.165, 1.54) is 0 Å². The molecule has 1 N–H and O–H groups in total. The van der Waals surface area contributed by atoms with Gasteiger partial charge in [-0.05, 0) is 55.9 Å². The van der Waals surface area contributed by atoms with E-state index in [9.17, 15) is 19.5 Å². The van der Waals surface area contributed by atoms with Crippen molar-refractivity contribution in [3.05, 3.63) is 65.2 Å². The largest absolute Gasteiger partial charge is 0.479 e. The van der Waals surface area contributed by atoms with Gasteiger partial charge >= 0.3 is 18.3 Å². The third-order valence-corrected chi connectivity index (χ3v) is 6.67. The van der Waals surface area contributed by atoms with Crippen molar-refractivity contribution in [3.63, 3.8) is 0 Å². The summed E-state index contributed by atoms with van der Waals surface area (Å²) in [6.07, 6.45) is -0.983. The number of likely N-dealkylation sites (tertiary alicyclic amines) is 1. The number of rotatable bonds is 6. The molecule has 9 heteroatoms. The number of carboxylic acid groups (broad SMARTS) is 1. The van der Waals surface area contributed by atoms with E-state index in [0.29, 0.717) is 12.6 Å². The molecule has 1 fully saturated rings. The average molecular weight is 492 g/mol. The highest BCUT2D eigenvalue weighted by molar-refractivity contribution is 6.36. The minimum atomic E-state index is -2.43. The fourth-order valence-electron chi connectivity index (χ4n) is 5.27. The lowest BCUT2D eigenvalue weighted by Crippen LogP contribution is -2.72. The molecule has 1 heterocycles. The lowest BCUT2D eigenvalue weighted by molar-refractivity contribution is -0.183. The monoisotopic (exact) mass is 491 g/mol. The van der Waals surface area contributed by atoms with Crippen LogP contribution in [-0.2, 0) is 19.1 Å². The summed E-state index contributed by atoms with van der Waals surface area (Å²) in [5.74, 6) is -2.88. The predicted octanol–water partition coefficient (Wildman–Crippen LogP) is 3.91. The molecular formula is C27H29N3O6. The highest BCUT2D eigenvalue weighted by Gasteiger charge is 2.63. The van der Waals surface area contributed by atoms with Gasteiger partial charge in [0.1, 0.15) is 12.7 Å². The Morgan fingerprint density at radius 3 is 2.22 bits per heavy atom. The Labute approximate surface area is 209 Å². The second kappa shape index (κ2) is 9.68. The van der Waals surface area contributed by atoms with E-state index in [1.54, 1.807) is 20.8 Å². The van der Waals surface area contributed by atoms with Crippen LogP contribution in [0.15, 0.2) is 48.5 Å². The Morgan fingerprint density at radius 1 is 1.11 bits per heavy atom. The zero-order valence-electron chi connectivity index (χ0n) is 20.5. The summed E-state index contributed by atoms with van der Waals surface area (Å²) in [7, 11) is 0. The van der Waals surface area contributed by atoms with Gasteiger partial charge in [0.05, 0.1) is 5.60 Å². The summed E-state index contributed by atoms with van der Waals surface area (Å²) in [5.41, 5.74) is 9.91. The van der Waals surface area contributed by atoms with Crippen molar-refractivity contribution in [1.29, 1.82) is 0 Å². The summed E-state index contributed by atoms with van der Waals surface area (Å²) in [4.78, 5) is 42.9. The Morgan fingerprint density at radius 2 is 1.69 bits per heavy atom. The first-order chi connectivity index (χ1) is 17.1. The number of carbonyl (C=O) groups excluding carboxylic acids is 2. The van der Waals surface area contributed by atoms with Gasteiger partial charge in [-0.1, -0.05) is 48.5 Å². The van der Waals surface area contributed by atoms with Crippen LogP contribution in [0, 0.1) is 0 Å². The van der Waals surface area contributed by atoms with Crippen LogP contribution in [0.25, 0.3) is 16.7 Å². The molecular weight excluding hydrogens is 462 g/mol. The fourth-order valence-corrected chi connectivity index (χ4v) is 5.27. The first-order valence-electron chi connectivity index (χ1n) is 11.9. The van der Waals surface area contributed by atoms with Gasteiger partial charge < -0.3 is 20.1 Å². The molecule has 0 saturated carbocycles. The van der Waals surface area contributed by atoms with Gasteiger partial charge in [0, 0.05) is 12.5 Å². The van der Waals surface area contributed by atoms with Gasteiger partial charge in [-0.3, -0.25) is 9.69 Å². The molecule has 4 rings (SSSR count). The Kier molecular flexibility index (Phi) is 6.80. The van der Waals surface area contributed by atoms with Crippen molar-refractivity contribution in [2.24, 2.45) is 0 Å². The lowest BCUT2D eigenvalue weighted by Gasteiger charge is -2.47. The maximum atomic E-state index is 13.4. The minimum Gasteiger partial charge on any atom is -0.479 e. The molecule has 1 aliphatic heterocycles. The van der Waals surface area contributed by atoms with Crippen LogP contribution in [0.3, 0.4) is 0 Å². The highest BCUT2D eigenvalue weighted by atomic mass is 16.6. The molecule has 2 unspecified atom stereocenters. The summed E-state index contributed by atoms with van der Waals surface area (Å²) in [6.45, 7) is 5.13. The van der Waals surface area contributed by atoms with E-state index >= 15 is 0 Å². The normalized spacial score (nSPS) is 21.2. The SMILES string of the molecule is CC(C)(C)OC1CCCN(C(=O)OCC2c3ccccc3-c3ccccc32)C1(C(=O)O)C(=O)C=[N+]=[N-]. The first kappa shape index (κ1) is 25.3. The maximum absolute atomic E-state index is 13.4. The van der Waals surface area contributed by atoms with Crippen molar-refractivity contribution in [2.75, 3.05) is 13.2 Å². The van der Waals surface area contributed by atoms with Crippen molar-refractivity contribution in [3.8, 4) is 11.1 Å². The summed E-state index contributed by atoms with van der Waals surface area (Å²) < 4.78 is 11.7. The second-order valence-corrected chi connectivity index (χ2v) is 10.00. The smallest absolute Gasteiger partial charge is 0.411 e. The number of hydrogen-bond acceptors (Lipinski definition) is 5. The Hall–Kier alpha value is -3.81. The minimum absolute atomic E-state index is 0.0298. The van der Waals surface area contributed by atoms with Crippen LogP contribution in [0.5, 0.6) is 0 Å². The molecule has 0 radical (unpaired) electrons. The van der Waals surface area contributed by atoms with Crippen LogP contribution in [-0.4, -0.2) is 69.3 Å². The van der Waals surface area contributed by atoms with Crippen LogP contribution in [0.4, 0.5) is 4.79 Å². The number of fused-ring (bicyclic) bond motifs is 3. The van der Waals surface area contributed by atoms with Crippen LogP contribution >= 0.6 is 0 Å². The number of nitrogens with zero attached hydrogens (tertiary/aromatic N) is 3. The van der Waals surface area contributed by atoms with Gasteiger partial charge in [0.25, 0.3) is 5.78 Å². The number of Topliss-reactive ketones (excluding diaryl/α,β-unsaturated/α-hetero) is 1. The number of hydrogen-bond donors (Lipinski definition) is 1. The average Bonchev–Trinajstić information content (AvgIpc) is 3.15. The molecule has 2 aliphatic rings. The lowest BCUT2D eigenvalue weighted by atomic mass is 9.80. The van der Waals surface area contributed by atoms with Gasteiger partial charge in [0.15, 0.2) is 0 Å². The van der Waals surface area contributed by atoms with E-state index in [0.717, 1.165) is 27.2 Å². The number of ketones is 1. The summed E-state index contributed by atoms with van der Waals surface area (Å²) in [6, 6.07) is 15.7. The molecule has 36 heavy (non-hydrogen) atoms. The number of benzene rings is 2. The van der Waals surface area contributed by atoms with Crippen molar-refractivity contribution >= 4 is 24.1 Å². The Bertz CT molecular complexity index is 1200. The molecule has 2 aromatic rings. The first-order valence-corrected chi connectivity index (χ1v) is 11.9. The van der Waals surface area contributed by atoms with Gasteiger partial charge in [-0.15, -0.1) is 0 Å². The van der Waals surface area contributed by atoms with Crippen LogP contribution in [0.1, 0.15) is 50.7 Å². The fraction of sp³-hybridized carbons (Fsp3) is 0.407. The number of aliphatic carboxylic acids is 1. The molecule has 1 saturated heterocycles. The quantitative estimate of drug-likeness (QED) is 0.282. The van der Waals surface area contributed by atoms with E-state index in [1.807, 2.05) is 48.5 Å². The summed E-state index contributed by atoms with van der Waals surface area (Å²) in [5, 5.41) is 10.3. The second-order valence-electron chi connectivity index (χ2n) is 10.00. The van der Waals surface area contributed by atoms with Crippen LogP contribution in [0.2, 0.25) is 0 Å². The van der Waals surface area contributed by atoms with Crippen molar-refractivity contribution in [2.45, 2.75) is 56.8 Å². The van der Waals surface area contributed by atoms with Gasteiger partial charge in [-0.2, -0.15) is 4.79 Å². The molecule has 0 aromatic heterocycles. The third kappa shape index (κ3) is 4.32. The van der Waals surface area contributed by atoms with Crippen LogP contribution < -0.4 is 0 Å². The molecule has 0 bridgehead atoms. The molecule has 0 spiro atoms. The molecule has 2 atom stereocenters. The molecule has 188 valence electrons. The van der Waals surface area contributed by atoms with E-state index in [-0.39, 0.29) is 25.5 Å². The molecule has 1 amide bonds. The van der Waals surface area contributed by atoms with E-state index in [4.69, 9.17) is 15.0 Å². The predicted molar refractivity (Wildman–Crippen MR) is 131 cm³/mol. The topological polar surface area (TPSA) is 130 Å². The molecule has 9 nitrogen and oxygen atoms in total. The van der Waals surface area contributed by atoms with E-state index < -0.39 is 35.1 Å². The number of carboxylic acids is 1. The number of carbonyl (C=O) groups is 3. The zero-order chi connectivity index (χ0) is 26.1. The van der Waals surface area contributed by atoms with Crippen molar-refractivity contribution in [1.82, 2.24) is 4.90 Å². The zero-order valence-corrected chi connectivity index (χ0v) is 20.5. The number of amides is 1. The maximum Gasteiger partial charge on any atom is 0.411 e. The third-order valence-electron chi connectivity index (χ3n) is 6.67. The molecule has 2 aromatic carbocycles. The highest BCUT2D eigenvalue weighted by Crippen LogP contribution is 2.45. The van der Waals surface area contributed by atoms with E-state index in [2.05, 4.69) is 4.79 Å². The Balaban J connectivity index is 1.66. The summed E-state index contributed by atoms with van der Waals surface area (Å²) >= 11 is 0. The van der Waals surface area contributed by atoms with Gasteiger partial charge in [-0.25, -0.2) is 9.59 Å². The van der Waals surface area contributed by atoms with Gasteiger partial charge in [0.2, 0.25) is 5.54 Å².